The lowest BCUT2D eigenvalue weighted by Crippen LogP contribution is -2.10. The molecule has 0 bridgehead atoms. The number of thioether (sulfide) groups is 3. The molecule has 1 saturated heterocycles. The summed E-state index contributed by atoms with van der Waals surface area (Å²) in [5.41, 5.74) is 4.51. The van der Waals surface area contributed by atoms with E-state index in [1.165, 1.54) is 23.8 Å². The molecule has 0 radical (unpaired) electrons. The third-order valence-electron chi connectivity index (χ3n) is 4.71. The average Bonchev–Trinajstić information content (AvgIpc) is 3.26. The summed E-state index contributed by atoms with van der Waals surface area (Å²) in [6.07, 6.45) is 2.29. The summed E-state index contributed by atoms with van der Waals surface area (Å²) >= 11 is 15.0. The molecule has 0 amide bonds. The lowest BCUT2D eigenvalue weighted by atomic mass is 9.98. The summed E-state index contributed by atoms with van der Waals surface area (Å²) in [5.74, 6) is 0. The third-order valence-corrected chi connectivity index (χ3v) is 12.1. The van der Waals surface area contributed by atoms with Gasteiger partial charge in [0.25, 0.3) is 0 Å². The smallest absolute Gasteiger partial charge is 0.145 e. The average molecular weight is 461 g/mol. The number of benzene rings is 2. The molecule has 2 aliphatic rings. The maximum absolute atomic E-state index is 5.37. The number of fused-ring (bicyclic) bond motifs is 1. The first-order valence-electron chi connectivity index (χ1n) is 8.73. The molecule has 2 aliphatic heterocycles. The van der Waals surface area contributed by atoms with Gasteiger partial charge in [-0.1, -0.05) is 96.4 Å². The maximum atomic E-state index is 5.37. The van der Waals surface area contributed by atoms with Crippen molar-refractivity contribution < 1.29 is 0 Å². The molecule has 0 aliphatic carbocycles. The van der Waals surface area contributed by atoms with Gasteiger partial charge >= 0.3 is 0 Å². The standard InChI is InChI=1S/C21H16S6/c22-21-26-19-20(27-21)25-18(24-19)15-11-16(13-7-3-1-4-8-13)23-17(12-15)14-9-5-2-6-10-14/h1-10,16-17H,11-12H2. The zero-order valence-electron chi connectivity index (χ0n) is 14.3. The monoisotopic (exact) mass is 460 g/mol. The van der Waals surface area contributed by atoms with Crippen molar-refractivity contribution in [1.29, 1.82) is 0 Å². The van der Waals surface area contributed by atoms with Crippen LogP contribution in [0.3, 0.4) is 0 Å². The summed E-state index contributed by atoms with van der Waals surface area (Å²) in [4.78, 5) is 0. The maximum Gasteiger partial charge on any atom is 0.145 e. The fourth-order valence-electron chi connectivity index (χ4n) is 3.43. The van der Waals surface area contributed by atoms with Gasteiger partial charge in [-0.25, -0.2) is 0 Å². The molecule has 2 atom stereocenters. The number of hydrogen-bond donors (Lipinski definition) is 0. The Morgan fingerprint density at radius 2 is 1.19 bits per heavy atom. The van der Waals surface area contributed by atoms with Crippen LogP contribution in [-0.4, -0.2) is 0 Å². The van der Waals surface area contributed by atoms with Crippen molar-refractivity contribution in [2.75, 3.05) is 0 Å². The van der Waals surface area contributed by atoms with Gasteiger partial charge in [-0.2, -0.15) is 0 Å². The van der Waals surface area contributed by atoms with E-state index in [9.17, 15) is 0 Å². The predicted octanol–water partition coefficient (Wildman–Crippen LogP) is 8.96. The van der Waals surface area contributed by atoms with Gasteiger partial charge in [0.05, 0.1) is 12.7 Å². The molecular formula is C21H16S6. The van der Waals surface area contributed by atoms with E-state index in [2.05, 4.69) is 72.4 Å². The molecular weight excluding hydrogens is 445 g/mol. The molecule has 136 valence electrons. The molecule has 5 rings (SSSR count). The van der Waals surface area contributed by atoms with Crippen LogP contribution >= 0.6 is 70.2 Å². The van der Waals surface area contributed by atoms with Crippen LogP contribution in [0, 0.1) is 3.14 Å². The Hall–Kier alpha value is -0.500. The molecule has 27 heavy (non-hydrogen) atoms. The second kappa shape index (κ2) is 8.09. The van der Waals surface area contributed by atoms with Gasteiger partial charge in [-0.05, 0) is 29.5 Å². The van der Waals surface area contributed by atoms with Gasteiger partial charge in [0.15, 0.2) is 0 Å². The molecule has 1 aromatic heterocycles. The Bertz CT molecular complexity index is 953. The molecule has 2 aromatic carbocycles. The fourth-order valence-corrected chi connectivity index (χ4v) is 11.8. The Kier molecular flexibility index (Phi) is 5.55. The molecule has 0 spiro atoms. The summed E-state index contributed by atoms with van der Waals surface area (Å²) in [6, 6.07) is 22.0. The second-order valence-electron chi connectivity index (χ2n) is 6.47. The summed E-state index contributed by atoms with van der Waals surface area (Å²) in [5, 5.41) is 1.04. The van der Waals surface area contributed by atoms with Crippen LogP contribution in [-0.2, 0) is 0 Å². The SMILES string of the molecule is S=c1sc2c(s1)SC(=C1CC(c3ccccc3)SC(c3ccccc3)C1)S2. The minimum absolute atomic E-state index is 0.519. The van der Waals surface area contributed by atoms with E-state index >= 15 is 0 Å². The van der Waals surface area contributed by atoms with Crippen molar-refractivity contribution in [2.45, 2.75) is 31.8 Å². The molecule has 3 heterocycles. The van der Waals surface area contributed by atoms with Crippen LogP contribution in [0.2, 0.25) is 0 Å². The van der Waals surface area contributed by atoms with Gasteiger partial charge in [0.2, 0.25) is 0 Å². The van der Waals surface area contributed by atoms with E-state index in [4.69, 9.17) is 12.2 Å². The van der Waals surface area contributed by atoms with Gasteiger partial charge in [0, 0.05) is 10.5 Å². The first-order valence-corrected chi connectivity index (χ1v) is 13.3. The Morgan fingerprint density at radius 1 is 0.704 bits per heavy atom. The number of allylic oxidation sites excluding steroid dienone is 1. The lowest BCUT2D eigenvalue weighted by molar-refractivity contribution is 0.769. The van der Waals surface area contributed by atoms with Crippen molar-refractivity contribution in [3.05, 3.63) is 84.7 Å². The van der Waals surface area contributed by atoms with E-state index in [1.54, 1.807) is 28.2 Å². The molecule has 0 saturated carbocycles. The van der Waals surface area contributed by atoms with E-state index in [0.29, 0.717) is 10.5 Å². The van der Waals surface area contributed by atoms with Gasteiger partial charge in [0.1, 0.15) is 3.14 Å². The van der Waals surface area contributed by atoms with Crippen molar-refractivity contribution in [3.63, 3.8) is 0 Å². The zero-order valence-corrected chi connectivity index (χ0v) is 19.2. The summed E-state index contributed by atoms with van der Waals surface area (Å²) < 4.78 is 5.36. The zero-order chi connectivity index (χ0) is 18.2. The van der Waals surface area contributed by atoms with E-state index in [0.717, 1.165) is 16.0 Å². The first kappa shape index (κ1) is 18.5. The molecule has 3 aromatic rings. The topological polar surface area (TPSA) is 0 Å². The third kappa shape index (κ3) is 3.98. The van der Waals surface area contributed by atoms with E-state index in [1.807, 2.05) is 23.5 Å². The van der Waals surface area contributed by atoms with Crippen molar-refractivity contribution in [2.24, 2.45) is 0 Å². The Morgan fingerprint density at radius 3 is 1.67 bits per heavy atom. The normalized spacial score (nSPS) is 22.1. The van der Waals surface area contributed by atoms with Gasteiger partial charge in [-0.15, -0.1) is 34.4 Å². The molecule has 1 fully saturated rings. The van der Waals surface area contributed by atoms with Crippen LogP contribution < -0.4 is 0 Å². The quantitative estimate of drug-likeness (QED) is 0.350. The van der Waals surface area contributed by atoms with Gasteiger partial charge in [-0.3, -0.25) is 0 Å². The lowest BCUT2D eigenvalue weighted by Gasteiger charge is -2.32. The molecule has 6 heteroatoms. The van der Waals surface area contributed by atoms with Crippen LogP contribution in [0.5, 0.6) is 0 Å². The van der Waals surface area contributed by atoms with Crippen LogP contribution in [0.1, 0.15) is 34.5 Å². The fraction of sp³-hybridized carbons (Fsp3) is 0.190. The predicted molar refractivity (Wildman–Crippen MR) is 127 cm³/mol. The highest BCUT2D eigenvalue weighted by atomic mass is 32.2. The summed E-state index contributed by atoms with van der Waals surface area (Å²) in [7, 11) is 0. The van der Waals surface area contributed by atoms with Gasteiger partial charge < -0.3 is 0 Å². The highest BCUT2D eigenvalue weighted by Crippen LogP contribution is 2.61. The number of hydrogen-bond acceptors (Lipinski definition) is 6. The summed E-state index contributed by atoms with van der Waals surface area (Å²) in [6.45, 7) is 0. The van der Waals surface area contributed by atoms with Crippen molar-refractivity contribution in [3.8, 4) is 0 Å². The van der Waals surface area contributed by atoms with Crippen molar-refractivity contribution in [1.82, 2.24) is 0 Å². The van der Waals surface area contributed by atoms with Crippen LogP contribution in [0.15, 0.2) is 78.9 Å². The van der Waals surface area contributed by atoms with Crippen LogP contribution in [0.25, 0.3) is 0 Å². The molecule has 2 unspecified atom stereocenters. The first-order chi connectivity index (χ1) is 13.3. The minimum Gasteiger partial charge on any atom is -0.145 e. The highest BCUT2D eigenvalue weighted by molar-refractivity contribution is 8.26. The van der Waals surface area contributed by atoms with E-state index < -0.39 is 0 Å². The highest BCUT2D eigenvalue weighted by Gasteiger charge is 2.32. The molecule has 0 nitrogen and oxygen atoms in total. The Balaban J connectivity index is 1.50. The Labute approximate surface area is 185 Å². The second-order valence-corrected chi connectivity index (χ2v) is 13.9. The number of rotatable bonds is 2. The molecule has 0 N–H and O–H groups in total. The largest absolute Gasteiger partial charge is 0.145 e. The minimum atomic E-state index is 0.519. The van der Waals surface area contributed by atoms with Crippen molar-refractivity contribution >= 4 is 70.2 Å². The van der Waals surface area contributed by atoms with Crippen LogP contribution in [0.4, 0.5) is 0 Å². The van der Waals surface area contributed by atoms with E-state index in [-0.39, 0.29) is 0 Å².